The molecule has 0 spiro atoms. The summed E-state index contributed by atoms with van der Waals surface area (Å²) in [7, 11) is 0. The molecule has 4 rings (SSSR count). The molecule has 28 heavy (non-hydrogen) atoms. The van der Waals surface area contributed by atoms with Gasteiger partial charge in [0.05, 0.1) is 17.7 Å². The third-order valence-electron chi connectivity index (χ3n) is 6.12. The Balaban J connectivity index is 1.54. The van der Waals surface area contributed by atoms with Gasteiger partial charge in [-0.3, -0.25) is 14.7 Å². The highest BCUT2D eigenvalue weighted by atomic mass is 16.2. The van der Waals surface area contributed by atoms with E-state index >= 15 is 0 Å². The minimum atomic E-state index is -0.308. The zero-order valence-electron chi connectivity index (χ0n) is 16.6. The second kappa shape index (κ2) is 7.78. The summed E-state index contributed by atoms with van der Waals surface area (Å²) in [6.07, 6.45) is 5.08. The van der Waals surface area contributed by atoms with Gasteiger partial charge in [-0.25, -0.2) is 0 Å². The van der Waals surface area contributed by atoms with E-state index in [1.807, 2.05) is 43.0 Å². The summed E-state index contributed by atoms with van der Waals surface area (Å²) in [5, 5.41) is 10.4. The number of nitrogens with zero attached hydrogens (tertiary/aromatic N) is 2. The lowest BCUT2D eigenvalue weighted by Gasteiger charge is -2.32. The number of benzene rings is 1. The summed E-state index contributed by atoms with van der Waals surface area (Å²) in [6.45, 7) is 4.77. The molecule has 1 aromatic carbocycles. The number of aromatic nitrogens is 2. The molecule has 2 N–H and O–H groups in total. The minimum Gasteiger partial charge on any atom is -0.336 e. The maximum Gasteiger partial charge on any atom is 0.228 e. The predicted molar refractivity (Wildman–Crippen MR) is 108 cm³/mol. The van der Waals surface area contributed by atoms with Crippen LogP contribution in [0.1, 0.15) is 60.7 Å². The van der Waals surface area contributed by atoms with E-state index in [1.54, 1.807) is 0 Å². The van der Waals surface area contributed by atoms with Crippen molar-refractivity contribution in [1.29, 1.82) is 0 Å². The van der Waals surface area contributed by atoms with Crippen LogP contribution in [0.5, 0.6) is 0 Å². The highest BCUT2D eigenvalue weighted by molar-refractivity contribution is 5.98. The van der Waals surface area contributed by atoms with E-state index in [4.69, 9.17) is 0 Å². The summed E-state index contributed by atoms with van der Waals surface area (Å²) in [4.78, 5) is 27.9. The van der Waals surface area contributed by atoms with Gasteiger partial charge in [0.25, 0.3) is 0 Å². The smallest absolute Gasteiger partial charge is 0.228 e. The maximum atomic E-state index is 13.3. The number of fused-ring (bicyclic) bond motifs is 1. The summed E-state index contributed by atoms with van der Waals surface area (Å²) < 4.78 is 0. The Bertz CT molecular complexity index is 869. The number of anilines is 1. The van der Waals surface area contributed by atoms with Gasteiger partial charge in [-0.05, 0) is 44.7 Å². The van der Waals surface area contributed by atoms with Crippen LogP contribution in [0.15, 0.2) is 24.3 Å². The summed E-state index contributed by atoms with van der Waals surface area (Å²) in [6, 6.07) is 7.89. The van der Waals surface area contributed by atoms with E-state index in [0.29, 0.717) is 6.42 Å². The molecule has 2 atom stereocenters. The van der Waals surface area contributed by atoms with Crippen molar-refractivity contribution in [2.24, 2.45) is 5.92 Å². The molecule has 3 heterocycles. The third kappa shape index (κ3) is 3.55. The molecule has 1 aromatic heterocycles. The predicted octanol–water partition coefficient (Wildman–Crippen LogP) is 3.67. The fraction of sp³-hybridized carbons (Fsp3) is 0.500. The van der Waals surface area contributed by atoms with E-state index < -0.39 is 0 Å². The Kier molecular flexibility index (Phi) is 5.20. The SMILES string of the molecule is Cc1n[nH]c(C)c1C1CCCCCN1C(=O)CC1Cc2ccccc2NC1=O. The van der Waals surface area contributed by atoms with Gasteiger partial charge in [0, 0.05) is 29.9 Å². The third-order valence-corrected chi connectivity index (χ3v) is 6.12. The summed E-state index contributed by atoms with van der Waals surface area (Å²) in [5.41, 5.74) is 5.12. The van der Waals surface area contributed by atoms with E-state index in [9.17, 15) is 9.59 Å². The Morgan fingerprint density at radius 1 is 1.21 bits per heavy atom. The van der Waals surface area contributed by atoms with Gasteiger partial charge in [-0.2, -0.15) is 5.10 Å². The number of carbonyl (C=O) groups is 2. The van der Waals surface area contributed by atoms with Gasteiger partial charge < -0.3 is 10.2 Å². The number of amides is 2. The average molecular weight is 380 g/mol. The van der Waals surface area contributed by atoms with Crippen LogP contribution in [0.3, 0.4) is 0 Å². The molecular weight excluding hydrogens is 352 g/mol. The molecule has 2 aliphatic heterocycles. The number of likely N-dealkylation sites (tertiary alicyclic amines) is 1. The number of rotatable bonds is 3. The molecule has 2 unspecified atom stereocenters. The van der Waals surface area contributed by atoms with Crippen LogP contribution < -0.4 is 5.32 Å². The molecule has 0 saturated carbocycles. The van der Waals surface area contributed by atoms with Crippen molar-refractivity contribution in [3.05, 3.63) is 46.8 Å². The van der Waals surface area contributed by atoms with Gasteiger partial charge in [-0.1, -0.05) is 31.0 Å². The van der Waals surface area contributed by atoms with E-state index in [2.05, 4.69) is 15.5 Å². The van der Waals surface area contributed by atoms with Crippen molar-refractivity contribution in [2.75, 3.05) is 11.9 Å². The number of carbonyl (C=O) groups excluding carboxylic acids is 2. The van der Waals surface area contributed by atoms with Crippen molar-refractivity contribution >= 4 is 17.5 Å². The highest BCUT2D eigenvalue weighted by Gasteiger charge is 2.34. The first-order chi connectivity index (χ1) is 13.5. The number of hydrogen-bond donors (Lipinski definition) is 2. The normalized spacial score (nSPS) is 22.4. The fourth-order valence-corrected chi connectivity index (χ4v) is 4.66. The lowest BCUT2D eigenvalue weighted by molar-refractivity contribution is -0.137. The standard InChI is InChI=1S/C22H28N4O2/c1-14-21(15(2)25-24-14)19-10-4-3-7-11-26(19)20(27)13-17-12-16-8-5-6-9-18(16)23-22(17)28/h5-6,8-9,17,19H,3-4,7,10-13H2,1-2H3,(H,23,28)(H,24,25). The van der Waals surface area contributed by atoms with Crippen LogP contribution in [0, 0.1) is 19.8 Å². The van der Waals surface area contributed by atoms with Crippen molar-refractivity contribution in [1.82, 2.24) is 15.1 Å². The number of H-pyrrole nitrogens is 1. The summed E-state index contributed by atoms with van der Waals surface area (Å²) >= 11 is 0. The monoisotopic (exact) mass is 380 g/mol. The summed E-state index contributed by atoms with van der Waals surface area (Å²) in [5.74, 6) is -0.279. The largest absolute Gasteiger partial charge is 0.336 e. The fourth-order valence-electron chi connectivity index (χ4n) is 4.66. The van der Waals surface area contributed by atoms with Gasteiger partial charge in [0.2, 0.25) is 11.8 Å². The first-order valence-electron chi connectivity index (χ1n) is 10.2. The number of aromatic amines is 1. The highest BCUT2D eigenvalue weighted by Crippen LogP contribution is 2.35. The van der Waals surface area contributed by atoms with Gasteiger partial charge in [0.1, 0.15) is 0 Å². The molecule has 2 amide bonds. The van der Waals surface area contributed by atoms with Crippen molar-refractivity contribution in [3.63, 3.8) is 0 Å². The Morgan fingerprint density at radius 3 is 2.82 bits per heavy atom. The number of nitrogens with one attached hydrogen (secondary N) is 2. The first kappa shape index (κ1) is 18.7. The van der Waals surface area contributed by atoms with Crippen molar-refractivity contribution in [3.8, 4) is 0 Å². The minimum absolute atomic E-state index is 0.0471. The molecule has 148 valence electrons. The number of aryl methyl sites for hydroxylation is 2. The van der Waals surface area contributed by atoms with E-state index in [0.717, 1.165) is 60.4 Å². The molecule has 2 aromatic rings. The first-order valence-corrected chi connectivity index (χ1v) is 10.2. The maximum absolute atomic E-state index is 13.3. The molecule has 0 radical (unpaired) electrons. The van der Waals surface area contributed by atoms with Gasteiger partial charge in [0.15, 0.2) is 0 Å². The van der Waals surface area contributed by atoms with Crippen LogP contribution >= 0.6 is 0 Å². The molecule has 6 nitrogen and oxygen atoms in total. The second-order valence-corrected chi connectivity index (χ2v) is 8.05. The quantitative estimate of drug-likeness (QED) is 0.853. The Labute approximate surface area is 165 Å². The lowest BCUT2D eigenvalue weighted by atomic mass is 9.89. The second-order valence-electron chi connectivity index (χ2n) is 8.05. The van der Waals surface area contributed by atoms with Crippen LogP contribution in [0.2, 0.25) is 0 Å². The molecule has 2 aliphatic rings. The zero-order valence-corrected chi connectivity index (χ0v) is 16.6. The average Bonchev–Trinajstić information content (AvgIpc) is 2.87. The lowest BCUT2D eigenvalue weighted by Crippen LogP contribution is -2.39. The van der Waals surface area contributed by atoms with E-state index in [-0.39, 0.29) is 30.2 Å². The van der Waals surface area contributed by atoms with E-state index in [1.165, 1.54) is 0 Å². The van der Waals surface area contributed by atoms with Crippen LogP contribution in [-0.2, 0) is 16.0 Å². The van der Waals surface area contributed by atoms with Gasteiger partial charge >= 0.3 is 0 Å². The molecule has 1 fully saturated rings. The van der Waals surface area contributed by atoms with Crippen LogP contribution in [-0.4, -0.2) is 33.5 Å². The molecule has 1 saturated heterocycles. The van der Waals surface area contributed by atoms with Crippen molar-refractivity contribution < 1.29 is 9.59 Å². The molecule has 0 aliphatic carbocycles. The molecule has 6 heteroatoms. The molecule has 0 bridgehead atoms. The van der Waals surface area contributed by atoms with Crippen LogP contribution in [0.4, 0.5) is 5.69 Å². The zero-order chi connectivity index (χ0) is 19.7. The Hall–Kier alpha value is -2.63. The van der Waals surface area contributed by atoms with Crippen LogP contribution in [0.25, 0.3) is 0 Å². The Morgan fingerprint density at radius 2 is 2.04 bits per heavy atom. The van der Waals surface area contributed by atoms with Crippen molar-refractivity contribution in [2.45, 2.75) is 58.4 Å². The van der Waals surface area contributed by atoms with Gasteiger partial charge in [-0.15, -0.1) is 0 Å². The molecular formula is C22H28N4O2. The number of para-hydroxylation sites is 1. The topological polar surface area (TPSA) is 78.1 Å². The number of hydrogen-bond acceptors (Lipinski definition) is 3.